The zero-order valence-corrected chi connectivity index (χ0v) is 12.3. The number of hydrogen-bond donors (Lipinski definition) is 3. The summed E-state index contributed by atoms with van der Waals surface area (Å²) in [5, 5.41) is 12.3. The maximum Gasteiger partial charge on any atom is 0.276 e. The molecule has 0 bridgehead atoms. The van der Waals surface area contributed by atoms with E-state index in [2.05, 4.69) is 20.8 Å². The maximum atomic E-state index is 14.4. The molecule has 3 rings (SSSR count). The van der Waals surface area contributed by atoms with Gasteiger partial charge in [-0.05, 0) is 43.1 Å². The number of H-pyrrole nitrogens is 1. The Morgan fingerprint density at radius 2 is 2.24 bits per heavy atom. The van der Waals surface area contributed by atoms with E-state index in [4.69, 9.17) is 0 Å². The number of aromatic nitrogens is 2. The Kier molecular flexibility index (Phi) is 4.59. The molecule has 1 aromatic carbocycles. The van der Waals surface area contributed by atoms with Crippen LogP contribution in [0.5, 0.6) is 0 Å². The molecule has 21 heavy (non-hydrogen) atoms. The van der Waals surface area contributed by atoms with Gasteiger partial charge >= 0.3 is 0 Å². The van der Waals surface area contributed by atoms with Crippen LogP contribution in [0.15, 0.2) is 18.2 Å². The first-order valence-corrected chi connectivity index (χ1v) is 6.49. The van der Waals surface area contributed by atoms with Crippen LogP contribution in [0.2, 0.25) is 0 Å². The summed E-state index contributed by atoms with van der Waals surface area (Å²) in [6.45, 7) is 3.22. The number of nitrogens with one attached hydrogen (secondary N) is 3. The number of nitrogens with zero attached hydrogens (tertiary/aromatic N) is 1. The summed E-state index contributed by atoms with van der Waals surface area (Å²) < 4.78 is 14.4. The summed E-state index contributed by atoms with van der Waals surface area (Å²) >= 11 is 0. The van der Waals surface area contributed by atoms with Crippen LogP contribution >= 0.6 is 12.4 Å². The first-order valence-electron chi connectivity index (χ1n) is 6.49. The lowest BCUT2D eigenvalue weighted by molar-refractivity contribution is 0.102. The second-order valence-corrected chi connectivity index (χ2v) is 4.88. The molecule has 0 radical (unpaired) electrons. The molecule has 1 aliphatic heterocycles. The quantitative estimate of drug-likeness (QED) is 0.796. The summed E-state index contributed by atoms with van der Waals surface area (Å²) in [6.07, 6.45) is 0.631. The second kappa shape index (κ2) is 6.24. The Morgan fingerprint density at radius 1 is 1.43 bits per heavy atom. The number of anilines is 1. The van der Waals surface area contributed by atoms with Gasteiger partial charge in [0.25, 0.3) is 5.91 Å². The molecule has 1 aliphatic rings. The zero-order valence-electron chi connectivity index (χ0n) is 11.5. The lowest BCUT2D eigenvalue weighted by atomic mass is 9.99. The molecule has 0 fully saturated rings. The van der Waals surface area contributed by atoms with Gasteiger partial charge in [-0.2, -0.15) is 5.10 Å². The van der Waals surface area contributed by atoms with Gasteiger partial charge in [-0.3, -0.25) is 9.89 Å². The molecule has 0 unspecified atom stereocenters. The van der Waals surface area contributed by atoms with Crippen LogP contribution in [0.4, 0.5) is 10.1 Å². The molecule has 112 valence electrons. The van der Waals surface area contributed by atoms with Crippen molar-refractivity contribution in [2.45, 2.75) is 19.9 Å². The highest BCUT2D eigenvalue weighted by Crippen LogP contribution is 2.24. The zero-order chi connectivity index (χ0) is 14.1. The normalized spacial score (nSPS) is 13.2. The third-order valence-electron chi connectivity index (χ3n) is 3.39. The van der Waals surface area contributed by atoms with Crippen molar-refractivity contribution in [1.29, 1.82) is 0 Å². The highest BCUT2D eigenvalue weighted by molar-refractivity contribution is 6.03. The second-order valence-electron chi connectivity index (χ2n) is 4.88. The number of fused-ring (bicyclic) bond motifs is 1. The first-order chi connectivity index (χ1) is 9.65. The fraction of sp³-hybridized carbons (Fsp3) is 0.286. The van der Waals surface area contributed by atoms with E-state index >= 15 is 0 Å². The number of amides is 1. The van der Waals surface area contributed by atoms with Crippen LogP contribution in [0, 0.1) is 12.7 Å². The van der Waals surface area contributed by atoms with Crippen molar-refractivity contribution in [2.75, 3.05) is 11.9 Å². The van der Waals surface area contributed by atoms with E-state index in [9.17, 15) is 9.18 Å². The molecule has 1 aromatic heterocycles. The van der Waals surface area contributed by atoms with Gasteiger partial charge in [-0.15, -0.1) is 12.4 Å². The number of carbonyl (C=O) groups is 1. The smallest absolute Gasteiger partial charge is 0.276 e. The van der Waals surface area contributed by atoms with Crippen LogP contribution in [0.1, 0.15) is 27.3 Å². The van der Waals surface area contributed by atoms with Crippen molar-refractivity contribution in [3.8, 4) is 0 Å². The number of benzene rings is 1. The summed E-state index contributed by atoms with van der Waals surface area (Å²) in [4.78, 5) is 12.0. The average molecular weight is 311 g/mol. The maximum absolute atomic E-state index is 14.4. The number of halogens is 2. The minimum Gasteiger partial charge on any atom is -0.318 e. The highest BCUT2D eigenvalue weighted by Gasteiger charge is 2.18. The van der Waals surface area contributed by atoms with Crippen molar-refractivity contribution < 1.29 is 9.18 Å². The summed E-state index contributed by atoms with van der Waals surface area (Å²) in [5.74, 6) is -0.758. The van der Waals surface area contributed by atoms with E-state index < -0.39 is 5.91 Å². The van der Waals surface area contributed by atoms with Crippen LogP contribution in [0.25, 0.3) is 0 Å². The predicted octanol–water partition coefficient (Wildman–Crippen LogP) is 2.18. The highest BCUT2D eigenvalue weighted by atomic mass is 35.5. The van der Waals surface area contributed by atoms with Gasteiger partial charge in [0.1, 0.15) is 5.82 Å². The number of carbonyl (C=O) groups excluding carboxylic acids is 1. The van der Waals surface area contributed by atoms with Crippen LogP contribution in [-0.4, -0.2) is 22.6 Å². The van der Waals surface area contributed by atoms with Crippen molar-refractivity contribution in [3.05, 3.63) is 46.5 Å². The number of hydrogen-bond acceptors (Lipinski definition) is 3. The summed E-state index contributed by atoms with van der Waals surface area (Å²) in [6, 6.07) is 5.06. The summed E-state index contributed by atoms with van der Waals surface area (Å²) in [7, 11) is 0. The molecule has 0 saturated heterocycles. The molecule has 3 N–H and O–H groups in total. The van der Waals surface area contributed by atoms with Gasteiger partial charge in [-0.1, -0.05) is 6.07 Å². The van der Waals surface area contributed by atoms with E-state index in [0.717, 1.165) is 17.8 Å². The number of aryl methyl sites for hydroxylation is 1. The third kappa shape index (κ3) is 3.06. The Hall–Kier alpha value is -1.92. The monoisotopic (exact) mass is 310 g/mol. The van der Waals surface area contributed by atoms with Gasteiger partial charge in [0, 0.05) is 12.2 Å². The Balaban J connectivity index is 0.00000161. The van der Waals surface area contributed by atoms with E-state index in [1.807, 2.05) is 6.07 Å². The van der Waals surface area contributed by atoms with Crippen molar-refractivity contribution >= 4 is 24.0 Å². The standard InChI is InChI=1S/C14H15FN4O.ClH/c1-8-6-12(19-18-8)14(20)17-11-3-2-9-7-16-5-4-10(9)13(11)15;/h2-3,6,16H,4-5,7H2,1H3,(H,17,20)(H,18,19);1H. The van der Waals surface area contributed by atoms with Crippen molar-refractivity contribution in [3.63, 3.8) is 0 Å². The molecule has 1 amide bonds. The van der Waals surface area contributed by atoms with E-state index in [1.54, 1.807) is 19.1 Å². The minimum atomic E-state index is -0.415. The van der Waals surface area contributed by atoms with Gasteiger partial charge in [0.2, 0.25) is 0 Å². The van der Waals surface area contributed by atoms with Gasteiger partial charge in [-0.25, -0.2) is 4.39 Å². The van der Waals surface area contributed by atoms with Crippen molar-refractivity contribution in [2.24, 2.45) is 0 Å². The number of rotatable bonds is 2. The van der Waals surface area contributed by atoms with Crippen LogP contribution < -0.4 is 10.6 Å². The van der Waals surface area contributed by atoms with E-state index in [1.165, 1.54) is 0 Å². The third-order valence-corrected chi connectivity index (χ3v) is 3.39. The van der Waals surface area contributed by atoms with Crippen molar-refractivity contribution in [1.82, 2.24) is 15.5 Å². The minimum absolute atomic E-state index is 0. The average Bonchev–Trinajstić information content (AvgIpc) is 2.89. The molecule has 0 saturated carbocycles. The van der Waals surface area contributed by atoms with Gasteiger partial charge in [0.05, 0.1) is 5.69 Å². The predicted molar refractivity (Wildman–Crippen MR) is 80.3 cm³/mol. The molecule has 0 spiro atoms. The first kappa shape index (κ1) is 15.5. The largest absolute Gasteiger partial charge is 0.318 e. The lowest BCUT2D eigenvalue weighted by Crippen LogP contribution is -2.25. The fourth-order valence-electron chi connectivity index (χ4n) is 2.35. The molecule has 0 aliphatic carbocycles. The molecule has 5 nitrogen and oxygen atoms in total. The SMILES string of the molecule is Cc1cc(C(=O)Nc2ccc3c(c2F)CCNC3)n[nH]1.Cl. The Labute approximate surface area is 127 Å². The van der Waals surface area contributed by atoms with Gasteiger partial charge in [0.15, 0.2) is 5.69 Å². The van der Waals surface area contributed by atoms with Crippen LogP contribution in [-0.2, 0) is 13.0 Å². The lowest BCUT2D eigenvalue weighted by Gasteiger charge is -2.19. The van der Waals surface area contributed by atoms with Gasteiger partial charge < -0.3 is 10.6 Å². The Bertz CT molecular complexity index is 671. The van der Waals surface area contributed by atoms with Crippen LogP contribution in [0.3, 0.4) is 0 Å². The molecule has 2 aromatic rings. The molecular weight excluding hydrogens is 295 g/mol. The Morgan fingerprint density at radius 3 is 2.95 bits per heavy atom. The molecule has 0 atom stereocenters. The van der Waals surface area contributed by atoms with E-state index in [-0.39, 0.29) is 29.6 Å². The van der Waals surface area contributed by atoms with E-state index in [0.29, 0.717) is 18.5 Å². The molecule has 2 heterocycles. The summed E-state index contributed by atoms with van der Waals surface area (Å²) in [5.41, 5.74) is 2.87. The molecule has 7 heteroatoms. The topological polar surface area (TPSA) is 69.8 Å². The number of aromatic amines is 1. The molecular formula is C14H16ClFN4O. The fourth-order valence-corrected chi connectivity index (χ4v) is 2.35.